The highest BCUT2D eigenvalue weighted by Crippen LogP contribution is 2.29. The summed E-state index contributed by atoms with van der Waals surface area (Å²) in [4.78, 5) is 0. The molecule has 5 heteroatoms. The molecule has 1 aliphatic rings. The SMILES string of the molecule is c1ccc2c(c1)COCCOCCOCCOCc1ccccc1O2. The van der Waals surface area contributed by atoms with Gasteiger partial charge in [-0.3, -0.25) is 0 Å². The second-order valence-electron chi connectivity index (χ2n) is 5.65. The highest BCUT2D eigenvalue weighted by Gasteiger charge is 2.09. The molecule has 0 unspecified atom stereocenters. The quantitative estimate of drug-likeness (QED) is 0.731. The molecule has 25 heavy (non-hydrogen) atoms. The summed E-state index contributed by atoms with van der Waals surface area (Å²) in [6.07, 6.45) is 0. The van der Waals surface area contributed by atoms with Gasteiger partial charge in [0.2, 0.25) is 0 Å². The van der Waals surface area contributed by atoms with Crippen molar-refractivity contribution in [1.29, 1.82) is 0 Å². The van der Waals surface area contributed by atoms with Gasteiger partial charge in [0.15, 0.2) is 0 Å². The molecule has 0 saturated carbocycles. The van der Waals surface area contributed by atoms with E-state index >= 15 is 0 Å². The van der Waals surface area contributed by atoms with Gasteiger partial charge in [-0.05, 0) is 12.1 Å². The van der Waals surface area contributed by atoms with E-state index in [1.807, 2.05) is 48.5 Å². The molecule has 134 valence electrons. The number of benzene rings is 2. The second kappa shape index (κ2) is 10.2. The Morgan fingerprint density at radius 2 is 0.880 bits per heavy atom. The number of hydrogen-bond donors (Lipinski definition) is 0. The van der Waals surface area contributed by atoms with E-state index in [-0.39, 0.29) is 0 Å². The first-order valence-electron chi connectivity index (χ1n) is 8.58. The summed E-state index contributed by atoms with van der Waals surface area (Å²) in [5, 5.41) is 0. The number of fused-ring (bicyclic) bond motifs is 2. The Morgan fingerprint density at radius 3 is 1.36 bits per heavy atom. The third-order valence-corrected chi connectivity index (χ3v) is 3.80. The molecule has 3 rings (SSSR count). The number of hydrogen-bond acceptors (Lipinski definition) is 5. The van der Waals surface area contributed by atoms with Crippen LogP contribution in [-0.2, 0) is 32.2 Å². The first-order chi connectivity index (χ1) is 12.4. The van der Waals surface area contributed by atoms with Crippen molar-refractivity contribution in [3.8, 4) is 11.5 Å². The van der Waals surface area contributed by atoms with Crippen molar-refractivity contribution in [2.24, 2.45) is 0 Å². The fourth-order valence-electron chi connectivity index (χ4n) is 2.49. The van der Waals surface area contributed by atoms with Crippen molar-refractivity contribution in [3.63, 3.8) is 0 Å². The van der Waals surface area contributed by atoms with E-state index < -0.39 is 0 Å². The maximum absolute atomic E-state index is 6.14. The van der Waals surface area contributed by atoms with Crippen molar-refractivity contribution in [2.45, 2.75) is 13.2 Å². The summed E-state index contributed by atoms with van der Waals surface area (Å²) < 4.78 is 28.5. The van der Waals surface area contributed by atoms with Crippen LogP contribution in [0.25, 0.3) is 0 Å². The summed E-state index contributed by atoms with van der Waals surface area (Å²) in [5.41, 5.74) is 2.01. The Labute approximate surface area is 148 Å². The average Bonchev–Trinajstić information content (AvgIpc) is 2.65. The summed E-state index contributed by atoms with van der Waals surface area (Å²) in [7, 11) is 0. The summed E-state index contributed by atoms with van der Waals surface area (Å²) in [5.74, 6) is 1.59. The van der Waals surface area contributed by atoms with Crippen molar-refractivity contribution in [3.05, 3.63) is 59.7 Å². The Balaban J connectivity index is 1.74. The molecule has 0 aliphatic carbocycles. The highest BCUT2D eigenvalue weighted by molar-refractivity contribution is 5.41. The van der Waals surface area contributed by atoms with Crippen molar-refractivity contribution < 1.29 is 23.7 Å². The van der Waals surface area contributed by atoms with E-state index in [0.29, 0.717) is 52.9 Å². The molecule has 2 aromatic rings. The Hall–Kier alpha value is -1.92. The standard InChI is InChI=1S/C20H24O5/c1-3-7-19-17(5-1)15-23-13-11-21-9-10-22-12-14-24-16-18-6-2-4-8-20(18)25-19/h1-8H,9-16H2. The lowest BCUT2D eigenvalue weighted by molar-refractivity contribution is -0.00605. The van der Waals surface area contributed by atoms with Crippen LogP contribution in [0, 0.1) is 0 Å². The summed E-state index contributed by atoms with van der Waals surface area (Å²) in [6, 6.07) is 15.8. The lowest BCUT2D eigenvalue weighted by Crippen LogP contribution is -2.11. The molecule has 5 nitrogen and oxygen atoms in total. The fourth-order valence-corrected chi connectivity index (χ4v) is 2.49. The molecular weight excluding hydrogens is 320 g/mol. The van der Waals surface area contributed by atoms with Gasteiger partial charge >= 0.3 is 0 Å². The number of ether oxygens (including phenoxy) is 5. The molecule has 1 aliphatic heterocycles. The molecule has 1 heterocycles. The third kappa shape index (κ3) is 5.83. The topological polar surface area (TPSA) is 46.2 Å². The van der Waals surface area contributed by atoms with Crippen LogP contribution in [0.1, 0.15) is 11.1 Å². The molecule has 0 radical (unpaired) electrons. The maximum atomic E-state index is 6.14. The van der Waals surface area contributed by atoms with Gasteiger partial charge in [-0.1, -0.05) is 36.4 Å². The van der Waals surface area contributed by atoms with Crippen LogP contribution in [0.3, 0.4) is 0 Å². The molecule has 0 spiro atoms. The number of para-hydroxylation sites is 2. The highest BCUT2D eigenvalue weighted by atomic mass is 16.6. The lowest BCUT2D eigenvalue weighted by Gasteiger charge is -2.14. The van der Waals surface area contributed by atoms with Gasteiger partial charge < -0.3 is 23.7 Å². The van der Waals surface area contributed by atoms with Crippen molar-refractivity contribution in [2.75, 3.05) is 39.6 Å². The second-order valence-corrected chi connectivity index (χ2v) is 5.65. The third-order valence-electron chi connectivity index (χ3n) is 3.80. The van der Waals surface area contributed by atoms with Crippen molar-refractivity contribution in [1.82, 2.24) is 0 Å². The minimum atomic E-state index is 0.481. The molecule has 0 N–H and O–H groups in total. The van der Waals surface area contributed by atoms with E-state index in [1.165, 1.54) is 0 Å². The van der Waals surface area contributed by atoms with Crippen LogP contribution in [0.2, 0.25) is 0 Å². The van der Waals surface area contributed by atoms with E-state index in [9.17, 15) is 0 Å². The first-order valence-corrected chi connectivity index (χ1v) is 8.58. The Bertz CT molecular complexity index is 588. The van der Waals surface area contributed by atoms with E-state index in [2.05, 4.69) is 0 Å². The van der Waals surface area contributed by atoms with Gasteiger partial charge in [0, 0.05) is 11.1 Å². The van der Waals surface area contributed by atoms with Gasteiger partial charge in [-0.2, -0.15) is 0 Å². The van der Waals surface area contributed by atoms with Crippen LogP contribution in [0.5, 0.6) is 11.5 Å². The van der Waals surface area contributed by atoms with E-state index in [0.717, 1.165) is 22.6 Å². The molecular formula is C20H24O5. The number of rotatable bonds is 0. The zero-order chi connectivity index (χ0) is 17.2. The predicted molar refractivity (Wildman–Crippen MR) is 93.9 cm³/mol. The van der Waals surface area contributed by atoms with Gasteiger partial charge in [0.25, 0.3) is 0 Å². The summed E-state index contributed by atoms with van der Waals surface area (Å²) >= 11 is 0. The van der Waals surface area contributed by atoms with Crippen molar-refractivity contribution >= 4 is 0 Å². The molecule has 0 saturated heterocycles. The molecule has 0 atom stereocenters. The Morgan fingerprint density at radius 1 is 0.480 bits per heavy atom. The molecule has 0 amide bonds. The first kappa shape index (κ1) is 17.9. The lowest BCUT2D eigenvalue weighted by atomic mass is 10.2. The minimum Gasteiger partial charge on any atom is -0.457 e. The zero-order valence-electron chi connectivity index (χ0n) is 14.3. The van der Waals surface area contributed by atoms with Gasteiger partial charge in [0.05, 0.1) is 52.9 Å². The summed E-state index contributed by atoms with van der Waals surface area (Å²) in [6.45, 7) is 4.25. The largest absolute Gasteiger partial charge is 0.457 e. The minimum absolute atomic E-state index is 0.481. The zero-order valence-corrected chi connectivity index (χ0v) is 14.3. The maximum Gasteiger partial charge on any atom is 0.132 e. The van der Waals surface area contributed by atoms with Crippen LogP contribution in [0.15, 0.2) is 48.5 Å². The smallest absolute Gasteiger partial charge is 0.132 e. The average molecular weight is 344 g/mol. The van der Waals surface area contributed by atoms with Gasteiger partial charge in [0.1, 0.15) is 11.5 Å². The van der Waals surface area contributed by atoms with E-state index in [1.54, 1.807) is 0 Å². The van der Waals surface area contributed by atoms with Crippen LogP contribution in [-0.4, -0.2) is 39.6 Å². The predicted octanol–water partition coefficient (Wildman–Crippen LogP) is 3.56. The monoisotopic (exact) mass is 344 g/mol. The Kier molecular flexibility index (Phi) is 7.27. The molecule has 0 fully saturated rings. The molecule has 0 aromatic heterocycles. The van der Waals surface area contributed by atoms with Gasteiger partial charge in [-0.25, -0.2) is 0 Å². The van der Waals surface area contributed by atoms with Gasteiger partial charge in [-0.15, -0.1) is 0 Å². The van der Waals surface area contributed by atoms with Crippen LogP contribution < -0.4 is 4.74 Å². The van der Waals surface area contributed by atoms with E-state index in [4.69, 9.17) is 23.7 Å². The molecule has 2 aromatic carbocycles. The normalized spacial score (nSPS) is 17.6. The fraction of sp³-hybridized carbons (Fsp3) is 0.400. The van der Waals surface area contributed by atoms with Crippen LogP contribution >= 0.6 is 0 Å². The molecule has 0 bridgehead atoms. The van der Waals surface area contributed by atoms with Crippen LogP contribution in [0.4, 0.5) is 0 Å².